The maximum absolute atomic E-state index is 4.51. The molecule has 1 saturated heterocycles. The molecule has 4 nitrogen and oxygen atoms in total. The van der Waals surface area contributed by atoms with Crippen LogP contribution in [0.1, 0.15) is 51.4 Å². The monoisotopic (exact) mass is 290 g/mol. The second kappa shape index (κ2) is 5.10. The Morgan fingerprint density at radius 2 is 2.10 bits per heavy atom. The lowest BCUT2D eigenvalue weighted by atomic mass is 9.84. The van der Waals surface area contributed by atoms with Gasteiger partial charge in [0.15, 0.2) is 0 Å². The van der Waals surface area contributed by atoms with Crippen LogP contribution >= 0.6 is 0 Å². The molecule has 1 aromatic heterocycles. The molecule has 2 fully saturated rings. The van der Waals surface area contributed by atoms with Gasteiger partial charge in [-0.1, -0.05) is 6.92 Å². The van der Waals surface area contributed by atoms with Gasteiger partial charge in [0.2, 0.25) is 0 Å². The van der Waals surface area contributed by atoms with E-state index in [1.807, 2.05) is 4.68 Å². The minimum atomic E-state index is 0.243. The third-order valence-electron chi connectivity index (χ3n) is 5.85. The van der Waals surface area contributed by atoms with Crippen molar-refractivity contribution < 1.29 is 0 Å². The van der Waals surface area contributed by atoms with E-state index >= 15 is 0 Å². The number of piperazine rings is 1. The first kappa shape index (κ1) is 15.0. The lowest BCUT2D eigenvalue weighted by molar-refractivity contribution is 0.00267. The van der Waals surface area contributed by atoms with Crippen LogP contribution in [0, 0.1) is 12.8 Å². The predicted octanol–water partition coefficient (Wildman–Crippen LogP) is 2.47. The molecule has 2 aliphatic rings. The third kappa shape index (κ3) is 2.76. The van der Waals surface area contributed by atoms with Crippen molar-refractivity contribution in [1.82, 2.24) is 20.0 Å². The Morgan fingerprint density at radius 3 is 2.62 bits per heavy atom. The summed E-state index contributed by atoms with van der Waals surface area (Å²) in [6.07, 6.45) is 3.97. The van der Waals surface area contributed by atoms with E-state index in [4.69, 9.17) is 0 Å². The van der Waals surface area contributed by atoms with E-state index in [0.29, 0.717) is 5.54 Å². The van der Waals surface area contributed by atoms with Gasteiger partial charge in [0.1, 0.15) is 0 Å². The summed E-state index contributed by atoms with van der Waals surface area (Å²) < 4.78 is 2.04. The predicted molar refractivity (Wildman–Crippen MR) is 86.2 cm³/mol. The van der Waals surface area contributed by atoms with E-state index < -0.39 is 0 Å². The standard InChI is InChI=1S/C17H30N4/c1-6-16(3)11-18-17(4,14-7-8-14)12-21(16)10-15-9-13(2)19-20(15)5/h9,14,18H,6-8,10-12H2,1-5H3. The lowest BCUT2D eigenvalue weighted by Gasteiger charge is -2.52. The first-order chi connectivity index (χ1) is 9.86. The number of aryl methyl sites for hydroxylation is 2. The molecule has 2 unspecified atom stereocenters. The molecule has 0 aromatic carbocycles. The van der Waals surface area contributed by atoms with Crippen molar-refractivity contribution in [2.45, 2.75) is 64.6 Å². The molecule has 1 saturated carbocycles. The fourth-order valence-corrected chi connectivity index (χ4v) is 3.74. The van der Waals surface area contributed by atoms with E-state index in [9.17, 15) is 0 Å². The van der Waals surface area contributed by atoms with Crippen molar-refractivity contribution in [1.29, 1.82) is 0 Å². The molecule has 0 spiro atoms. The van der Waals surface area contributed by atoms with Crippen LogP contribution in [0.5, 0.6) is 0 Å². The van der Waals surface area contributed by atoms with Gasteiger partial charge in [0.05, 0.1) is 11.4 Å². The maximum Gasteiger partial charge on any atom is 0.0597 e. The van der Waals surface area contributed by atoms with Gasteiger partial charge in [-0.25, -0.2) is 0 Å². The number of hydrogen-bond acceptors (Lipinski definition) is 3. The molecule has 118 valence electrons. The van der Waals surface area contributed by atoms with E-state index in [0.717, 1.165) is 31.2 Å². The molecule has 2 heterocycles. The molecule has 3 rings (SSSR count). The van der Waals surface area contributed by atoms with Crippen molar-refractivity contribution in [3.63, 3.8) is 0 Å². The average Bonchev–Trinajstić information content (AvgIpc) is 3.23. The Labute approximate surface area is 128 Å². The van der Waals surface area contributed by atoms with E-state index in [-0.39, 0.29) is 5.54 Å². The molecule has 0 amide bonds. The second-order valence-corrected chi connectivity index (χ2v) is 7.65. The number of rotatable bonds is 4. The van der Waals surface area contributed by atoms with E-state index in [1.54, 1.807) is 0 Å². The van der Waals surface area contributed by atoms with Crippen LogP contribution in [-0.2, 0) is 13.6 Å². The Hall–Kier alpha value is -0.870. The van der Waals surface area contributed by atoms with Crippen LogP contribution in [0.2, 0.25) is 0 Å². The molecule has 1 aliphatic heterocycles. The highest BCUT2D eigenvalue weighted by molar-refractivity contribution is 5.12. The van der Waals surface area contributed by atoms with Gasteiger partial charge in [0.25, 0.3) is 0 Å². The van der Waals surface area contributed by atoms with Crippen molar-refractivity contribution in [3.05, 3.63) is 17.5 Å². The quantitative estimate of drug-likeness (QED) is 0.925. The van der Waals surface area contributed by atoms with Crippen LogP contribution in [0.4, 0.5) is 0 Å². The van der Waals surface area contributed by atoms with E-state index in [2.05, 4.69) is 56.1 Å². The van der Waals surface area contributed by atoms with Gasteiger partial charge in [-0.15, -0.1) is 0 Å². The zero-order valence-electron chi connectivity index (χ0n) is 14.2. The third-order valence-corrected chi connectivity index (χ3v) is 5.85. The number of aromatic nitrogens is 2. The smallest absolute Gasteiger partial charge is 0.0597 e. The van der Waals surface area contributed by atoms with Gasteiger partial charge >= 0.3 is 0 Å². The zero-order chi connectivity index (χ0) is 15.3. The molecule has 0 bridgehead atoms. The first-order valence-electron chi connectivity index (χ1n) is 8.36. The summed E-state index contributed by atoms with van der Waals surface area (Å²) in [7, 11) is 2.06. The topological polar surface area (TPSA) is 33.1 Å². The SMILES string of the molecule is CCC1(C)CNC(C)(C2CC2)CN1Cc1cc(C)nn1C. The largest absolute Gasteiger partial charge is 0.308 e. The molecular weight excluding hydrogens is 260 g/mol. The summed E-state index contributed by atoms with van der Waals surface area (Å²) >= 11 is 0. The van der Waals surface area contributed by atoms with Gasteiger partial charge in [-0.2, -0.15) is 5.10 Å². The Kier molecular flexibility index (Phi) is 3.65. The molecule has 1 aromatic rings. The summed E-state index contributed by atoms with van der Waals surface area (Å²) in [5, 5.41) is 8.38. The summed E-state index contributed by atoms with van der Waals surface area (Å²) in [6.45, 7) is 12.4. The Morgan fingerprint density at radius 1 is 1.38 bits per heavy atom. The maximum atomic E-state index is 4.51. The highest BCUT2D eigenvalue weighted by Crippen LogP contribution is 2.43. The number of hydrogen-bond donors (Lipinski definition) is 1. The number of nitrogens with one attached hydrogen (secondary N) is 1. The van der Waals surface area contributed by atoms with Crippen LogP contribution in [0.15, 0.2) is 6.07 Å². The van der Waals surface area contributed by atoms with Gasteiger partial charge < -0.3 is 5.32 Å². The van der Waals surface area contributed by atoms with Crippen LogP contribution < -0.4 is 5.32 Å². The summed E-state index contributed by atoms with van der Waals surface area (Å²) in [6, 6.07) is 2.23. The minimum Gasteiger partial charge on any atom is -0.308 e. The van der Waals surface area contributed by atoms with Crippen molar-refractivity contribution in [3.8, 4) is 0 Å². The minimum absolute atomic E-state index is 0.243. The first-order valence-corrected chi connectivity index (χ1v) is 8.36. The fraction of sp³-hybridized carbons (Fsp3) is 0.824. The normalized spacial score (nSPS) is 34.3. The summed E-state index contributed by atoms with van der Waals surface area (Å²) in [4.78, 5) is 2.69. The Balaban J connectivity index is 1.82. The van der Waals surface area contributed by atoms with Crippen LogP contribution in [0.3, 0.4) is 0 Å². The molecule has 1 N–H and O–H groups in total. The van der Waals surface area contributed by atoms with Gasteiger partial charge in [0, 0.05) is 37.8 Å². The van der Waals surface area contributed by atoms with E-state index in [1.165, 1.54) is 25.0 Å². The van der Waals surface area contributed by atoms with Crippen LogP contribution in [-0.4, -0.2) is 38.8 Å². The van der Waals surface area contributed by atoms with Crippen molar-refractivity contribution in [2.75, 3.05) is 13.1 Å². The van der Waals surface area contributed by atoms with Crippen LogP contribution in [0.25, 0.3) is 0 Å². The summed E-state index contributed by atoms with van der Waals surface area (Å²) in [5.74, 6) is 0.870. The highest BCUT2D eigenvalue weighted by atomic mass is 15.3. The van der Waals surface area contributed by atoms with Crippen molar-refractivity contribution >= 4 is 0 Å². The van der Waals surface area contributed by atoms with Gasteiger partial charge in [-0.3, -0.25) is 9.58 Å². The zero-order valence-corrected chi connectivity index (χ0v) is 14.2. The highest BCUT2D eigenvalue weighted by Gasteiger charge is 2.48. The second-order valence-electron chi connectivity index (χ2n) is 7.65. The molecule has 1 aliphatic carbocycles. The Bertz CT molecular complexity index is 519. The molecule has 21 heavy (non-hydrogen) atoms. The fourth-order valence-electron chi connectivity index (χ4n) is 3.74. The van der Waals surface area contributed by atoms with Gasteiger partial charge in [-0.05, 0) is 52.0 Å². The molecule has 0 radical (unpaired) electrons. The molecule has 4 heteroatoms. The number of nitrogens with zero attached hydrogens (tertiary/aromatic N) is 3. The van der Waals surface area contributed by atoms with Crippen molar-refractivity contribution in [2.24, 2.45) is 13.0 Å². The average molecular weight is 290 g/mol. The molecule has 2 atom stereocenters. The molecular formula is C17H30N4. The lowest BCUT2D eigenvalue weighted by Crippen LogP contribution is -2.68. The summed E-state index contributed by atoms with van der Waals surface area (Å²) in [5.41, 5.74) is 2.98.